The van der Waals surface area contributed by atoms with Gasteiger partial charge in [-0.2, -0.15) is 11.8 Å². The SMILES string of the molecule is O=C(/C=C/c1cccnc1)NCCSCc1ccccc1F. The molecule has 22 heavy (non-hydrogen) atoms. The number of pyridine rings is 1. The monoisotopic (exact) mass is 316 g/mol. The van der Waals surface area contributed by atoms with Crippen molar-refractivity contribution >= 4 is 23.7 Å². The summed E-state index contributed by atoms with van der Waals surface area (Å²) in [5, 5.41) is 2.79. The highest BCUT2D eigenvalue weighted by molar-refractivity contribution is 7.98. The molecule has 1 aromatic carbocycles. The Kier molecular flexibility index (Phi) is 6.64. The van der Waals surface area contributed by atoms with Gasteiger partial charge in [-0.05, 0) is 29.3 Å². The third kappa shape index (κ3) is 5.69. The van der Waals surface area contributed by atoms with E-state index in [1.807, 2.05) is 18.2 Å². The van der Waals surface area contributed by atoms with Crippen molar-refractivity contribution < 1.29 is 9.18 Å². The Bertz CT molecular complexity index is 632. The van der Waals surface area contributed by atoms with E-state index in [-0.39, 0.29) is 11.7 Å². The molecule has 0 atom stereocenters. The molecule has 1 aromatic heterocycles. The zero-order valence-electron chi connectivity index (χ0n) is 12.0. The van der Waals surface area contributed by atoms with Crippen LogP contribution in [0.5, 0.6) is 0 Å². The number of nitrogens with one attached hydrogen (secondary N) is 1. The van der Waals surface area contributed by atoms with Gasteiger partial charge in [-0.25, -0.2) is 4.39 Å². The molecule has 0 aliphatic carbocycles. The molecule has 1 N–H and O–H groups in total. The van der Waals surface area contributed by atoms with E-state index >= 15 is 0 Å². The minimum absolute atomic E-state index is 0.143. The first-order valence-electron chi connectivity index (χ1n) is 6.93. The van der Waals surface area contributed by atoms with Crippen molar-refractivity contribution in [3.63, 3.8) is 0 Å². The molecule has 5 heteroatoms. The maximum absolute atomic E-state index is 13.4. The number of aromatic nitrogens is 1. The Morgan fingerprint density at radius 1 is 1.27 bits per heavy atom. The Labute approximate surface area is 133 Å². The summed E-state index contributed by atoms with van der Waals surface area (Å²) in [5.41, 5.74) is 1.57. The van der Waals surface area contributed by atoms with Gasteiger partial charge in [0, 0.05) is 36.5 Å². The lowest BCUT2D eigenvalue weighted by Gasteiger charge is -2.04. The van der Waals surface area contributed by atoms with Crippen LogP contribution in [0.4, 0.5) is 4.39 Å². The predicted molar refractivity (Wildman–Crippen MR) is 88.8 cm³/mol. The molecule has 0 unspecified atom stereocenters. The number of carbonyl (C=O) groups excluding carboxylic acids is 1. The summed E-state index contributed by atoms with van der Waals surface area (Å²) in [4.78, 5) is 15.6. The summed E-state index contributed by atoms with van der Waals surface area (Å²) in [6.45, 7) is 0.551. The lowest BCUT2D eigenvalue weighted by Crippen LogP contribution is -2.23. The van der Waals surface area contributed by atoms with Gasteiger partial charge in [0.2, 0.25) is 5.91 Å². The van der Waals surface area contributed by atoms with Gasteiger partial charge in [0.15, 0.2) is 0 Å². The highest BCUT2D eigenvalue weighted by Crippen LogP contribution is 2.14. The van der Waals surface area contributed by atoms with Gasteiger partial charge in [-0.15, -0.1) is 0 Å². The van der Waals surface area contributed by atoms with Crippen LogP contribution in [0.1, 0.15) is 11.1 Å². The van der Waals surface area contributed by atoms with E-state index in [0.717, 1.165) is 11.3 Å². The quantitative estimate of drug-likeness (QED) is 0.629. The van der Waals surface area contributed by atoms with Crippen molar-refractivity contribution in [3.8, 4) is 0 Å². The van der Waals surface area contributed by atoms with Crippen molar-refractivity contribution in [2.75, 3.05) is 12.3 Å². The van der Waals surface area contributed by atoms with Crippen LogP contribution < -0.4 is 5.32 Å². The molecule has 2 aromatic rings. The van der Waals surface area contributed by atoms with Gasteiger partial charge in [-0.1, -0.05) is 24.3 Å². The molecule has 114 valence electrons. The maximum atomic E-state index is 13.4. The molecule has 0 aliphatic rings. The third-order valence-electron chi connectivity index (χ3n) is 2.87. The van der Waals surface area contributed by atoms with Crippen molar-refractivity contribution in [2.45, 2.75) is 5.75 Å². The largest absolute Gasteiger partial charge is 0.352 e. The number of hydrogen-bond donors (Lipinski definition) is 1. The average molecular weight is 316 g/mol. The number of thioether (sulfide) groups is 1. The van der Waals surface area contributed by atoms with Crippen molar-refractivity contribution in [1.82, 2.24) is 10.3 Å². The first kappa shape index (κ1) is 16.2. The first-order valence-corrected chi connectivity index (χ1v) is 8.08. The van der Waals surface area contributed by atoms with E-state index < -0.39 is 0 Å². The van der Waals surface area contributed by atoms with Gasteiger partial charge in [0.1, 0.15) is 5.82 Å². The highest BCUT2D eigenvalue weighted by atomic mass is 32.2. The van der Waals surface area contributed by atoms with E-state index in [1.165, 1.54) is 12.1 Å². The lowest BCUT2D eigenvalue weighted by atomic mass is 10.2. The summed E-state index contributed by atoms with van der Waals surface area (Å²) in [7, 11) is 0. The van der Waals surface area contributed by atoms with Crippen molar-refractivity contribution in [2.24, 2.45) is 0 Å². The molecule has 1 amide bonds. The van der Waals surface area contributed by atoms with Crippen LogP contribution in [0, 0.1) is 5.82 Å². The van der Waals surface area contributed by atoms with E-state index in [4.69, 9.17) is 0 Å². The Balaban J connectivity index is 1.63. The summed E-state index contributed by atoms with van der Waals surface area (Å²) in [6.07, 6.45) is 6.58. The second-order valence-corrected chi connectivity index (χ2v) is 5.66. The van der Waals surface area contributed by atoms with Gasteiger partial charge in [0.25, 0.3) is 0 Å². The topological polar surface area (TPSA) is 42.0 Å². The fraction of sp³-hybridized carbons (Fsp3) is 0.176. The number of carbonyl (C=O) groups is 1. The molecule has 0 radical (unpaired) electrons. The molecule has 0 aliphatic heterocycles. The van der Waals surface area contributed by atoms with Crippen molar-refractivity contribution in [3.05, 3.63) is 71.8 Å². The second kappa shape index (κ2) is 9.00. The molecule has 3 nitrogen and oxygen atoms in total. The molecule has 0 saturated carbocycles. The summed E-state index contributed by atoms with van der Waals surface area (Å²) < 4.78 is 13.4. The van der Waals surface area contributed by atoms with Crippen LogP contribution in [0.15, 0.2) is 54.9 Å². The van der Waals surface area contributed by atoms with Crippen LogP contribution in [-0.2, 0) is 10.5 Å². The van der Waals surface area contributed by atoms with Gasteiger partial charge in [0.05, 0.1) is 0 Å². The number of benzene rings is 1. The van der Waals surface area contributed by atoms with E-state index in [0.29, 0.717) is 17.9 Å². The summed E-state index contributed by atoms with van der Waals surface area (Å²) in [5.74, 6) is 1.02. The van der Waals surface area contributed by atoms with Crippen molar-refractivity contribution in [1.29, 1.82) is 0 Å². The fourth-order valence-electron chi connectivity index (χ4n) is 1.75. The van der Waals surface area contributed by atoms with Crippen LogP contribution in [0.25, 0.3) is 6.08 Å². The molecule has 1 heterocycles. The number of hydrogen-bond acceptors (Lipinski definition) is 3. The maximum Gasteiger partial charge on any atom is 0.244 e. The zero-order valence-corrected chi connectivity index (χ0v) is 12.9. The molecule has 0 saturated heterocycles. The number of halogens is 1. The molecular formula is C17H17FN2OS. The average Bonchev–Trinajstić information content (AvgIpc) is 2.55. The molecule has 0 spiro atoms. The molecule has 2 rings (SSSR count). The number of nitrogens with zero attached hydrogens (tertiary/aromatic N) is 1. The number of amides is 1. The van der Waals surface area contributed by atoms with E-state index in [9.17, 15) is 9.18 Å². The Hall–Kier alpha value is -2.14. The standard InChI is InChI=1S/C17H17FN2OS/c18-16-6-2-1-5-15(16)13-22-11-10-20-17(21)8-7-14-4-3-9-19-12-14/h1-9,12H,10-11,13H2,(H,20,21)/b8-7+. The Morgan fingerprint density at radius 3 is 2.91 bits per heavy atom. The summed E-state index contributed by atoms with van der Waals surface area (Å²) in [6, 6.07) is 10.4. The van der Waals surface area contributed by atoms with E-state index in [2.05, 4.69) is 10.3 Å². The van der Waals surface area contributed by atoms with Gasteiger partial charge >= 0.3 is 0 Å². The van der Waals surface area contributed by atoms with Crippen LogP contribution in [-0.4, -0.2) is 23.2 Å². The normalized spacial score (nSPS) is 10.8. The zero-order chi connectivity index (χ0) is 15.6. The van der Waals surface area contributed by atoms with Gasteiger partial charge in [-0.3, -0.25) is 9.78 Å². The Morgan fingerprint density at radius 2 is 2.14 bits per heavy atom. The minimum Gasteiger partial charge on any atom is -0.352 e. The van der Waals surface area contributed by atoms with E-state index in [1.54, 1.807) is 42.4 Å². The molecular weight excluding hydrogens is 299 g/mol. The highest BCUT2D eigenvalue weighted by Gasteiger charge is 2.00. The lowest BCUT2D eigenvalue weighted by molar-refractivity contribution is -0.116. The fourth-order valence-corrected chi connectivity index (χ4v) is 2.59. The first-order chi connectivity index (χ1) is 10.8. The minimum atomic E-state index is -0.182. The predicted octanol–water partition coefficient (Wildman–Crippen LogP) is 3.28. The van der Waals surface area contributed by atoms with Crippen LogP contribution in [0.2, 0.25) is 0 Å². The molecule has 0 bridgehead atoms. The molecule has 0 fully saturated rings. The number of rotatable bonds is 7. The van der Waals surface area contributed by atoms with Crippen LogP contribution >= 0.6 is 11.8 Å². The third-order valence-corrected chi connectivity index (χ3v) is 3.88. The van der Waals surface area contributed by atoms with Gasteiger partial charge < -0.3 is 5.32 Å². The van der Waals surface area contributed by atoms with Crippen LogP contribution in [0.3, 0.4) is 0 Å². The second-order valence-electron chi connectivity index (χ2n) is 4.55. The smallest absolute Gasteiger partial charge is 0.244 e. The summed E-state index contributed by atoms with van der Waals surface area (Å²) >= 11 is 1.59.